The fourth-order valence-electron chi connectivity index (χ4n) is 3.02. The number of nitrogens with one attached hydrogen (secondary N) is 2. The van der Waals surface area contributed by atoms with E-state index in [4.69, 9.17) is 11.3 Å². The van der Waals surface area contributed by atoms with Crippen molar-refractivity contribution in [2.45, 2.75) is 26.3 Å². The maximum atomic E-state index is 13.8. The normalized spacial score (nSPS) is 13.0. The summed E-state index contributed by atoms with van der Waals surface area (Å²) in [4.78, 5) is 8.38. The second kappa shape index (κ2) is 7.30. The van der Waals surface area contributed by atoms with Crippen molar-refractivity contribution >= 4 is 22.5 Å². The summed E-state index contributed by atoms with van der Waals surface area (Å²) in [6, 6.07) is 6.09. The van der Waals surface area contributed by atoms with Crippen molar-refractivity contribution in [2.75, 3.05) is 11.1 Å². The van der Waals surface area contributed by atoms with E-state index in [0.717, 1.165) is 10.9 Å². The standard InChI is InChI=1S/C18H20FN7/c1-3-15(14(25-21)8-22-13-7-5-4-6-12(13)19)26-9-11(2)16-17(20)23-10-24-18(16)26/h4-10,15,21-22H,3H2,1-2H3,(H2,20,23,24)/b14-8-,25-21?. The lowest BCUT2D eigenvalue weighted by Crippen LogP contribution is -2.11. The Hall–Kier alpha value is -3.29. The van der Waals surface area contributed by atoms with Gasteiger partial charge in [-0.05, 0) is 31.0 Å². The Balaban J connectivity index is 2.02. The van der Waals surface area contributed by atoms with E-state index in [1.165, 1.54) is 12.4 Å². The number of aryl methyl sites for hydroxylation is 1. The van der Waals surface area contributed by atoms with Gasteiger partial charge in [-0.3, -0.25) is 0 Å². The minimum atomic E-state index is -0.371. The smallest absolute Gasteiger partial charge is 0.146 e. The largest absolute Gasteiger partial charge is 0.383 e. The number of para-hydroxylation sites is 1. The van der Waals surface area contributed by atoms with Crippen LogP contribution in [-0.2, 0) is 0 Å². The first kappa shape index (κ1) is 17.5. The number of allylic oxidation sites excluding steroid dienone is 1. The molecule has 0 saturated heterocycles. The van der Waals surface area contributed by atoms with Crippen molar-refractivity contribution in [3.63, 3.8) is 0 Å². The first-order chi connectivity index (χ1) is 12.6. The first-order valence-electron chi connectivity index (χ1n) is 8.23. The SMILES string of the molecule is CCC(/C(=C/Nc1ccccc1F)N=N)n1cc(C)c2c(N)ncnc21. The minimum Gasteiger partial charge on any atom is -0.383 e. The van der Waals surface area contributed by atoms with Gasteiger partial charge in [0, 0.05) is 12.4 Å². The Bertz CT molecular complexity index is 977. The topological polar surface area (TPSA) is 105 Å². The Morgan fingerprint density at radius 2 is 2.19 bits per heavy atom. The van der Waals surface area contributed by atoms with Gasteiger partial charge in [0.15, 0.2) is 0 Å². The van der Waals surface area contributed by atoms with Crippen LogP contribution in [0.25, 0.3) is 11.0 Å². The van der Waals surface area contributed by atoms with E-state index in [1.807, 2.05) is 24.6 Å². The zero-order valence-electron chi connectivity index (χ0n) is 14.6. The van der Waals surface area contributed by atoms with E-state index < -0.39 is 0 Å². The Morgan fingerprint density at radius 1 is 1.42 bits per heavy atom. The van der Waals surface area contributed by atoms with Crippen molar-refractivity contribution in [1.29, 1.82) is 5.53 Å². The van der Waals surface area contributed by atoms with E-state index in [0.29, 0.717) is 29.3 Å². The summed E-state index contributed by atoms with van der Waals surface area (Å²) < 4.78 is 15.7. The van der Waals surface area contributed by atoms with Gasteiger partial charge >= 0.3 is 0 Å². The molecule has 0 fully saturated rings. The highest BCUT2D eigenvalue weighted by atomic mass is 19.1. The van der Waals surface area contributed by atoms with Crippen molar-refractivity contribution in [1.82, 2.24) is 14.5 Å². The molecular weight excluding hydrogens is 333 g/mol. The molecule has 1 unspecified atom stereocenters. The van der Waals surface area contributed by atoms with Crippen LogP contribution in [0.15, 0.2) is 53.8 Å². The molecule has 3 rings (SSSR count). The van der Waals surface area contributed by atoms with Gasteiger partial charge in [-0.2, -0.15) is 5.11 Å². The summed E-state index contributed by atoms with van der Waals surface area (Å²) >= 11 is 0. The molecule has 3 aromatic rings. The predicted molar refractivity (Wildman–Crippen MR) is 99.3 cm³/mol. The number of aromatic nitrogens is 3. The quantitative estimate of drug-likeness (QED) is 0.571. The van der Waals surface area contributed by atoms with Gasteiger partial charge in [0.2, 0.25) is 0 Å². The molecule has 1 atom stereocenters. The van der Waals surface area contributed by atoms with Crippen molar-refractivity contribution in [2.24, 2.45) is 5.11 Å². The van der Waals surface area contributed by atoms with Gasteiger partial charge in [0.05, 0.1) is 17.1 Å². The number of anilines is 2. The van der Waals surface area contributed by atoms with Crippen LogP contribution in [0, 0.1) is 18.3 Å². The summed E-state index contributed by atoms with van der Waals surface area (Å²) in [5.74, 6) is 0.0443. The average Bonchev–Trinajstić information content (AvgIpc) is 2.97. The zero-order chi connectivity index (χ0) is 18.7. The highest BCUT2D eigenvalue weighted by Gasteiger charge is 2.20. The van der Waals surface area contributed by atoms with Crippen LogP contribution in [0.5, 0.6) is 0 Å². The van der Waals surface area contributed by atoms with Crippen LogP contribution in [0.3, 0.4) is 0 Å². The molecule has 7 nitrogen and oxygen atoms in total. The third kappa shape index (κ3) is 3.13. The Kier molecular flexibility index (Phi) is 4.92. The number of nitrogens with two attached hydrogens (primary N) is 1. The zero-order valence-corrected chi connectivity index (χ0v) is 14.6. The van der Waals surface area contributed by atoms with Crippen LogP contribution in [0.4, 0.5) is 15.9 Å². The average molecular weight is 353 g/mol. The van der Waals surface area contributed by atoms with Crippen LogP contribution in [0.2, 0.25) is 0 Å². The lowest BCUT2D eigenvalue weighted by Gasteiger charge is -2.18. The molecule has 4 N–H and O–H groups in total. The van der Waals surface area contributed by atoms with E-state index in [9.17, 15) is 4.39 Å². The first-order valence-corrected chi connectivity index (χ1v) is 8.23. The van der Waals surface area contributed by atoms with Crippen molar-refractivity contribution < 1.29 is 4.39 Å². The molecule has 2 heterocycles. The third-order valence-electron chi connectivity index (χ3n) is 4.27. The molecular formula is C18H20FN7. The second-order valence-corrected chi connectivity index (χ2v) is 5.91. The van der Waals surface area contributed by atoms with Gasteiger partial charge < -0.3 is 15.6 Å². The third-order valence-corrected chi connectivity index (χ3v) is 4.27. The summed E-state index contributed by atoms with van der Waals surface area (Å²) in [6.07, 6.45) is 5.55. The Labute approximate surface area is 150 Å². The molecule has 0 radical (unpaired) electrons. The number of hydrogen-bond donors (Lipinski definition) is 3. The fourth-order valence-corrected chi connectivity index (χ4v) is 3.02. The van der Waals surface area contributed by atoms with E-state index in [-0.39, 0.29) is 11.9 Å². The van der Waals surface area contributed by atoms with Gasteiger partial charge in [0.1, 0.15) is 29.3 Å². The molecule has 134 valence electrons. The minimum absolute atomic E-state index is 0.253. The molecule has 0 aliphatic carbocycles. The number of fused-ring (bicyclic) bond motifs is 1. The molecule has 0 amide bonds. The lowest BCUT2D eigenvalue weighted by atomic mass is 10.1. The molecule has 1 aromatic carbocycles. The Morgan fingerprint density at radius 3 is 2.88 bits per heavy atom. The van der Waals surface area contributed by atoms with E-state index in [1.54, 1.807) is 24.4 Å². The van der Waals surface area contributed by atoms with Crippen molar-refractivity contribution in [3.05, 3.63) is 60.1 Å². The van der Waals surface area contributed by atoms with Gasteiger partial charge in [-0.25, -0.2) is 19.9 Å². The second-order valence-electron chi connectivity index (χ2n) is 5.91. The van der Waals surface area contributed by atoms with Crippen LogP contribution in [0.1, 0.15) is 24.9 Å². The maximum absolute atomic E-state index is 13.8. The molecule has 26 heavy (non-hydrogen) atoms. The molecule has 0 saturated carbocycles. The van der Waals surface area contributed by atoms with Gasteiger partial charge in [0.25, 0.3) is 0 Å². The monoisotopic (exact) mass is 353 g/mol. The highest BCUT2D eigenvalue weighted by molar-refractivity contribution is 5.89. The number of nitrogen functional groups attached to an aromatic ring is 1. The summed E-state index contributed by atoms with van der Waals surface area (Å²) in [6.45, 7) is 3.92. The predicted octanol–water partition coefficient (Wildman–Crippen LogP) is 4.40. The van der Waals surface area contributed by atoms with Gasteiger partial charge in [-0.15, -0.1) is 0 Å². The summed E-state index contributed by atoms with van der Waals surface area (Å²) in [5.41, 5.74) is 16.0. The lowest BCUT2D eigenvalue weighted by molar-refractivity contribution is 0.555. The molecule has 0 aliphatic rings. The number of halogens is 1. The molecule has 8 heteroatoms. The highest BCUT2D eigenvalue weighted by Crippen LogP contribution is 2.31. The number of nitrogens with zero attached hydrogens (tertiary/aromatic N) is 4. The van der Waals surface area contributed by atoms with E-state index in [2.05, 4.69) is 20.4 Å². The number of hydrogen-bond acceptors (Lipinski definition) is 6. The van der Waals surface area contributed by atoms with Crippen LogP contribution >= 0.6 is 0 Å². The van der Waals surface area contributed by atoms with E-state index >= 15 is 0 Å². The fraction of sp³-hybridized carbons (Fsp3) is 0.222. The summed E-state index contributed by atoms with van der Waals surface area (Å²) in [7, 11) is 0. The van der Waals surface area contributed by atoms with Crippen LogP contribution < -0.4 is 11.1 Å². The molecule has 0 spiro atoms. The number of rotatable bonds is 6. The number of benzene rings is 1. The maximum Gasteiger partial charge on any atom is 0.146 e. The molecule has 2 aromatic heterocycles. The summed E-state index contributed by atoms with van der Waals surface area (Å²) in [5, 5.41) is 7.33. The molecule has 0 bridgehead atoms. The van der Waals surface area contributed by atoms with Crippen LogP contribution in [-0.4, -0.2) is 14.5 Å². The van der Waals surface area contributed by atoms with Gasteiger partial charge in [-0.1, -0.05) is 19.1 Å². The molecule has 0 aliphatic heterocycles. The van der Waals surface area contributed by atoms with Crippen molar-refractivity contribution in [3.8, 4) is 0 Å².